The molecule has 1 rings (SSSR count). The Hall–Kier alpha value is -0.220. The number of thioether (sulfide) groups is 1. The summed E-state index contributed by atoms with van der Waals surface area (Å²) < 4.78 is 0. The van der Waals surface area contributed by atoms with E-state index >= 15 is 0 Å². The van der Waals surface area contributed by atoms with Crippen LogP contribution in [-0.2, 0) is 0 Å². The molecule has 0 radical (unpaired) electrons. The lowest BCUT2D eigenvalue weighted by molar-refractivity contribution is 0.204. The van der Waals surface area contributed by atoms with Crippen LogP contribution in [0.3, 0.4) is 0 Å². The molecule has 0 saturated heterocycles. The van der Waals surface area contributed by atoms with Gasteiger partial charge in [0.05, 0.1) is 0 Å². The molecule has 1 aromatic rings. The molecule has 0 spiro atoms. The van der Waals surface area contributed by atoms with Gasteiger partial charge in [-0.05, 0) is 37.9 Å². The van der Waals surface area contributed by atoms with E-state index in [1.165, 1.54) is 5.56 Å². The number of nitrogens with two attached hydrogens (primary N) is 1. The van der Waals surface area contributed by atoms with Crippen LogP contribution in [0.4, 0.5) is 0 Å². The molecule has 4 heteroatoms. The standard InChI is InChI=1S/C13H21ClN2S/c1-10(9-17-3)16(2)13(8-15)11-5-4-6-12(14)7-11/h4-7,10,13H,8-9,15H2,1-3H3. The van der Waals surface area contributed by atoms with Gasteiger partial charge in [-0.15, -0.1) is 0 Å². The number of hydrogen-bond acceptors (Lipinski definition) is 3. The van der Waals surface area contributed by atoms with Crippen molar-refractivity contribution in [3.8, 4) is 0 Å². The molecule has 0 aliphatic heterocycles. The van der Waals surface area contributed by atoms with E-state index in [1.807, 2.05) is 30.0 Å². The van der Waals surface area contributed by atoms with Crippen LogP contribution in [0, 0.1) is 0 Å². The van der Waals surface area contributed by atoms with E-state index < -0.39 is 0 Å². The van der Waals surface area contributed by atoms with Gasteiger partial charge < -0.3 is 5.73 Å². The molecule has 17 heavy (non-hydrogen) atoms. The quantitative estimate of drug-likeness (QED) is 0.863. The number of benzene rings is 1. The molecule has 2 nitrogen and oxygen atoms in total. The van der Waals surface area contributed by atoms with Crippen LogP contribution in [0.1, 0.15) is 18.5 Å². The summed E-state index contributed by atoms with van der Waals surface area (Å²) in [5.41, 5.74) is 7.09. The van der Waals surface area contributed by atoms with Crippen LogP contribution in [0.5, 0.6) is 0 Å². The molecule has 2 unspecified atom stereocenters. The molecule has 2 atom stereocenters. The highest BCUT2D eigenvalue weighted by molar-refractivity contribution is 7.98. The van der Waals surface area contributed by atoms with E-state index in [4.69, 9.17) is 17.3 Å². The van der Waals surface area contributed by atoms with Gasteiger partial charge in [0.2, 0.25) is 0 Å². The van der Waals surface area contributed by atoms with Crippen molar-refractivity contribution in [2.24, 2.45) is 5.73 Å². The maximum Gasteiger partial charge on any atom is 0.0471 e. The van der Waals surface area contributed by atoms with Crippen molar-refractivity contribution in [1.82, 2.24) is 4.90 Å². The Labute approximate surface area is 114 Å². The fourth-order valence-electron chi connectivity index (χ4n) is 1.92. The van der Waals surface area contributed by atoms with Crippen LogP contribution < -0.4 is 5.73 Å². The van der Waals surface area contributed by atoms with E-state index in [1.54, 1.807) is 0 Å². The van der Waals surface area contributed by atoms with Gasteiger partial charge in [-0.2, -0.15) is 11.8 Å². The van der Waals surface area contributed by atoms with Crippen molar-refractivity contribution >= 4 is 23.4 Å². The molecule has 0 heterocycles. The van der Waals surface area contributed by atoms with Gasteiger partial charge in [-0.25, -0.2) is 0 Å². The zero-order valence-electron chi connectivity index (χ0n) is 10.7. The maximum absolute atomic E-state index is 6.03. The van der Waals surface area contributed by atoms with Crippen LogP contribution in [0.25, 0.3) is 0 Å². The number of likely N-dealkylation sites (N-methyl/N-ethyl adjacent to an activating group) is 1. The molecule has 0 bridgehead atoms. The van der Waals surface area contributed by atoms with E-state index in [-0.39, 0.29) is 6.04 Å². The van der Waals surface area contributed by atoms with E-state index in [0.717, 1.165) is 10.8 Å². The summed E-state index contributed by atoms with van der Waals surface area (Å²) in [5.74, 6) is 1.10. The zero-order chi connectivity index (χ0) is 12.8. The van der Waals surface area contributed by atoms with Gasteiger partial charge in [0, 0.05) is 29.4 Å². The third-order valence-electron chi connectivity index (χ3n) is 3.05. The third-order valence-corrected chi connectivity index (χ3v) is 4.10. The van der Waals surface area contributed by atoms with E-state index in [2.05, 4.69) is 31.2 Å². The highest BCUT2D eigenvalue weighted by atomic mass is 35.5. The van der Waals surface area contributed by atoms with Gasteiger partial charge in [-0.1, -0.05) is 23.7 Å². The first kappa shape index (κ1) is 14.8. The Morgan fingerprint density at radius 2 is 2.18 bits per heavy atom. The molecule has 0 aromatic heterocycles. The first-order chi connectivity index (χ1) is 8.10. The lowest BCUT2D eigenvalue weighted by atomic mass is 10.0. The van der Waals surface area contributed by atoms with Gasteiger partial charge in [-0.3, -0.25) is 4.90 Å². The predicted molar refractivity (Wildman–Crippen MR) is 78.9 cm³/mol. The highest BCUT2D eigenvalue weighted by Crippen LogP contribution is 2.23. The summed E-state index contributed by atoms with van der Waals surface area (Å²) >= 11 is 7.88. The van der Waals surface area contributed by atoms with Crippen molar-refractivity contribution in [2.75, 3.05) is 25.6 Å². The fraction of sp³-hybridized carbons (Fsp3) is 0.538. The molecular formula is C13H21ClN2S. The fourth-order valence-corrected chi connectivity index (χ4v) is 2.83. The van der Waals surface area contributed by atoms with Crippen molar-refractivity contribution in [3.63, 3.8) is 0 Å². The van der Waals surface area contributed by atoms with Crippen LogP contribution >= 0.6 is 23.4 Å². The van der Waals surface area contributed by atoms with Crippen molar-refractivity contribution < 1.29 is 0 Å². The summed E-state index contributed by atoms with van der Waals surface area (Å²) in [6.07, 6.45) is 2.13. The lowest BCUT2D eigenvalue weighted by Crippen LogP contribution is -2.38. The summed E-state index contributed by atoms with van der Waals surface area (Å²) in [6.45, 7) is 2.83. The number of nitrogens with zero attached hydrogens (tertiary/aromatic N) is 1. The molecule has 0 amide bonds. The average molecular weight is 273 g/mol. The summed E-state index contributed by atoms with van der Waals surface area (Å²) in [5, 5.41) is 0.770. The molecular weight excluding hydrogens is 252 g/mol. The second kappa shape index (κ2) is 7.27. The Balaban J connectivity index is 2.83. The van der Waals surface area contributed by atoms with Crippen molar-refractivity contribution in [2.45, 2.75) is 19.0 Å². The SMILES string of the molecule is CSCC(C)N(C)C(CN)c1cccc(Cl)c1. The Morgan fingerprint density at radius 3 is 2.71 bits per heavy atom. The molecule has 0 saturated carbocycles. The molecule has 96 valence electrons. The lowest BCUT2D eigenvalue weighted by Gasteiger charge is -2.32. The minimum atomic E-state index is 0.232. The Morgan fingerprint density at radius 1 is 1.47 bits per heavy atom. The first-order valence-electron chi connectivity index (χ1n) is 5.76. The molecule has 0 aliphatic rings. The number of rotatable bonds is 6. The molecule has 2 N–H and O–H groups in total. The second-order valence-corrected chi connectivity index (χ2v) is 5.62. The Kier molecular flexibility index (Phi) is 6.34. The van der Waals surface area contributed by atoms with Crippen molar-refractivity contribution in [3.05, 3.63) is 34.9 Å². The van der Waals surface area contributed by atoms with Crippen LogP contribution in [0.2, 0.25) is 5.02 Å². The normalized spacial score (nSPS) is 14.9. The number of halogens is 1. The summed E-state index contributed by atoms with van der Waals surface area (Å²) in [7, 11) is 2.12. The van der Waals surface area contributed by atoms with Gasteiger partial charge in [0.15, 0.2) is 0 Å². The molecule has 1 aromatic carbocycles. The average Bonchev–Trinajstić information content (AvgIpc) is 2.30. The maximum atomic E-state index is 6.03. The minimum Gasteiger partial charge on any atom is -0.329 e. The third kappa shape index (κ3) is 4.18. The second-order valence-electron chi connectivity index (χ2n) is 4.28. The smallest absolute Gasteiger partial charge is 0.0471 e. The zero-order valence-corrected chi connectivity index (χ0v) is 12.3. The molecule has 0 aliphatic carbocycles. The topological polar surface area (TPSA) is 29.3 Å². The largest absolute Gasteiger partial charge is 0.329 e. The van der Waals surface area contributed by atoms with E-state index in [0.29, 0.717) is 12.6 Å². The van der Waals surface area contributed by atoms with Gasteiger partial charge in [0.25, 0.3) is 0 Å². The van der Waals surface area contributed by atoms with Gasteiger partial charge >= 0.3 is 0 Å². The predicted octanol–water partition coefficient (Wildman–Crippen LogP) is 3.02. The first-order valence-corrected chi connectivity index (χ1v) is 7.53. The van der Waals surface area contributed by atoms with E-state index in [9.17, 15) is 0 Å². The monoisotopic (exact) mass is 272 g/mol. The minimum absolute atomic E-state index is 0.232. The summed E-state index contributed by atoms with van der Waals surface area (Å²) in [6, 6.07) is 8.69. The van der Waals surface area contributed by atoms with Crippen molar-refractivity contribution in [1.29, 1.82) is 0 Å². The Bertz CT molecular complexity index is 346. The van der Waals surface area contributed by atoms with Crippen LogP contribution in [-0.4, -0.2) is 36.5 Å². The van der Waals surface area contributed by atoms with Gasteiger partial charge in [0.1, 0.15) is 0 Å². The highest BCUT2D eigenvalue weighted by Gasteiger charge is 2.19. The van der Waals surface area contributed by atoms with Crippen LogP contribution in [0.15, 0.2) is 24.3 Å². The number of hydrogen-bond donors (Lipinski definition) is 1. The molecule has 0 fully saturated rings. The summed E-state index contributed by atoms with van der Waals surface area (Å²) in [4.78, 5) is 2.32.